The minimum atomic E-state index is 0.0348. The van der Waals surface area contributed by atoms with E-state index in [0.29, 0.717) is 12.0 Å². The number of rotatable bonds is 5. The molecule has 0 aromatic carbocycles. The summed E-state index contributed by atoms with van der Waals surface area (Å²) in [6.07, 6.45) is 2.42. The summed E-state index contributed by atoms with van der Waals surface area (Å²) in [7, 11) is 1.85. The van der Waals surface area contributed by atoms with E-state index < -0.39 is 0 Å². The first-order valence-electron chi connectivity index (χ1n) is 7.71. The van der Waals surface area contributed by atoms with Gasteiger partial charge < -0.3 is 10.1 Å². The average Bonchev–Trinajstić information content (AvgIpc) is 2.27. The van der Waals surface area contributed by atoms with Gasteiger partial charge in [-0.25, -0.2) is 0 Å². The molecule has 0 radical (unpaired) electrons. The van der Waals surface area contributed by atoms with Crippen LogP contribution in [-0.4, -0.2) is 48.8 Å². The molecule has 3 heteroatoms. The lowest BCUT2D eigenvalue weighted by molar-refractivity contribution is -0.0660. The van der Waals surface area contributed by atoms with Crippen LogP contribution in [0, 0.1) is 5.92 Å². The van der Waals surface area contributed by atoms with Crippen LogP contribution in [0.5, 0.6) is 0 Å². The second kappa shape index (κ2) is 6.55. The van der Waals surface area contributed by atoms with Crippen LogP contribution in [0.2, 0.25) is 0 Å². The zero-order chi connectivity index (χ0) is 14.7. The van der Waals surface area contributed by atoms with Gasteiger partial charge in [-0.1, -0.05) is 13.8 Å². The molecule has 0 aliphatic carbocycles. The lowest BCUT2D eigenvalue weighted by Gasteiger charge is -2.45. The van der Waals surface area contributed by atoms with E-state index >= 15 is 0 Å². The maximum atomic E-state index is 5.72. The Morgan fingerprint density at radius 3 is 2.42 bits per heavy atom. The number of piperidine rings is 1. The molecule has 1 saturated heterocycles. The van der Waals surface area contributed by atoms with Crippen molar-refractivity contribution in [3.05, 3.63) is 0 Å². The Morgan fingerprint density at radius 1 is 1.32 bits per heavy atom. The van der Waals surface area contributed by atoms with Gasteiger partial charge in [-0.3, -0.25) is 4.90 Å². The summed E-state index contributed by atoms with van der Waals surface area (Å²) in [5, 5.41) is 3.66. The van der Waals surface area contributed by atoms with Crippen molar-refractivity contribution >= 4 is 0 Å². The Bertz CT molecular complexity index is 272. The predicted molar refractivity (Wildman–Crippen MR) is 82.6 cm³/mol. The highest BCUT2D eigenvalue weighted by molar-refractivity contribution is 4.90. The van der Waals surface area contributed by atoms with Crippen molar-refractivity contribution in [2.45, 2.75) is 71.6 Å². The molecule has 114 valence electrons. The fourth-order valence-electron chi connectivity index (χ4n) is 2.89. The number of hydrogen-bond acceptors (Lipinski definition) is 3. The first kappa shape index (κ1) is 16.9. The topological polar surface area (TPSA) is 24.5 Å². The van der Waals surface area contributed by atoms with Crippen molar-refractivity contribution in [2.24, 2.45) is 5.92 Å². The molecular weight excluding hydrogens is 236 g/mol. The Balaban J connectivity index is 2.65. The molecule has 0 bridgehead atoms. The number of hydrogen-bond donors (Lipinski definition) is 1. The Morgan fingerprint density at radius 2 is 1.95 bits per heavy atom. The summed E-state index contributed by atoms with van der Waals surface area (Å²) in [5.41, 5.74) is 0.223. The smallest absolute Gasteiger partial charge is 0.0777 e. The lowest BCUT2D eigenvalue weighted by atomic mass is 9.91. The van der Waals surface area contributed by atoms with Crippen LogP contribution in [0.1, 0.15) is 54.4 Å². The first-order chi connectivity index (χ1) is 8.67. The highest BCUT2D eigenvalue weighted by Crippen LogP contribution is 2.27. The maximum absolute atomic E-state index is 5.72. The fourth-order valence-corrected chi connectivity index (χ4v) is 2.89. The van der Waals surface area contributed by atoms with Gasteiger partial charge in [-0.2, -0.15) is 0 Å². The lowest BCUT2D eigenvalue weighted by Crippen LogP contribution is -2.56. The van der Waals surface area contributed by atoms with Crippen LogP contribution in [0.4, 0.5) is 0 Å². The molecule has 0 amide bonds. The van der Waals surface area contributed by atoms with Crippen molar-refractivity contribution in [3.8, 4) is 0 Å². The molecule has 2 atom stereocenters. The van der Waals surface area contributed by atoms with Gasteiger partial charge in [0.1, 0.15) is 0 Å². The van der Waals surface area contributed by atoms with Crippen molar-refractivity contribution in [2.75, 3.05) is 26.7 Å². The standard InChI is InChI=1S/C16H34N2O/c1-13(2)14(11-17-15(3,4)5)18-10-8-9-16(6,12-18)19-7/h13-14,17H,8-12H2,1-7H3. The van der Waals surface area contributed by atoms with Gasteiger partial charge in [0.25, 0.3) is 0 Å². The molecule has 3 nitrogen and oxygen atoms in total. The summed E-state index contributed by atoms with van der Waals surface area (Å²) in [6.45, 7) is 16.9. The van der Waals surface area contributed by atoms with Crippen LogP contribution >= 0.6 is 0 Å². The van der Waals surface area contributed by atoms with E-state index in [-0.39, 0.29) is 11.1 Å². The Labute approximate surface area is 120 Å². The Hall–Kier alpha value is -0.120. The number of methoxy groups -OCH3 is 1. The fraction of sp³-hybridized carbons (Fsp3) is 1.00. The van der Waals surface area contributed by atoms with Gasteiger partial charge in [0.2, 0.25) is 0 Å². The van der Waals surface area contributed by atoms with E-state index in [1.807, 2.05) is 7.11 Å². The second-order valence-electron chi connectivity index (χ2n) is 7.67. The van der Waals surface area contributed by atoms with Crippen LogP contribution in [-0.2, 0) is 4.74 Å². The molecule has 19 heavy (non-hydrogen) atoms. The zero-order valence-corrected chi connectivity index (χ0v) is 14.0. The molecule has 1 aliphatic rings. The summed E-state index contributed by atoms with van der Waals surface area (Å²) < 4.78 is 5.72. The van der Waals surface area contributed by atoms with Crippen molar-refractivity contribution in [1.29, 1.82) is 0 Å². The third-order valence-corrected chi connectivity index (χ3v) is 4.26. The third-order valence-electron chi connectivity index (χ3n) is 4.26. The minimum Gasteiger partial charge on any atom is -0.377 e. The Kier molecular flexibility index (Phi) is 5.84. The summed E-state index contributed by atoms with van der Waals surface area (Å²) in [6, 6.07) is 0.592. The third kappa shape index (κ3) is 5.41. The molecule has 1 rings (SSSR count). The number of nitrogens with zero attached hydrogens (tertiary/aromatic N) is 1. The zero-order valence-electron chi connectivity index (χ0n) is 14.0. The minimum absolute atomic E-state index is 0.0348. The first-order valence-corrected chi connectivity index (χ1v) is 7.71. The molecule has 1 fully saturated rings. The number of likely N-dealkylation sites (tertiary alicyclic amines) is 1. The van der Waals surface area contributed by atoms with Gasteiger partial charge in [-0.05, 0) is 53.0 Å². The van der Waals surface area contributed by atoms with E-state index in [1.54, 1.807) is 0 Å². The summed E-state index contributed by atoms with van der Waals surface area (Å²) in [4.78, 5) is 2.62. The summed E-state index contributed by atoms with van der Waals surface area (Å²) >= 11 is 0. The van der Waals surface area contributed by atoms with E-state index in [0.717, 1.165) is 13.1 Å². The van der Waals surface area contributed by atoms with Crippen LogP contribution in [0.25, 0.3) is 0 Å². The van der Waals surface area contributed by atoms with E-state index in [9.17, 15) is 0 Å². The van der Waals surface area contributed by atoms with E-state index in [2.05, 4.69) is 51.8 Å². The molecule has 1 heterocycles. The van der Waals surface area contributed by atoms with E-state index in [1.165, 1.54) is 19.4 Å². The van der Waals surface area contributed by atoms with Crippen molar-refractivity contribution in [1.82, 2.24) is 10.2 Å². The van der Waals surface area contributed by atoms with Crippen LogP contribution in [0.15, 0.2) is 0 Å². The highest BCUT2D eigenvalue weighted by Gasteiger charge is 2.35. The van der Waals surface area contributed by atoms with Gasteiger partial charge in [0, 0.05) is 31.8 Å². The van der Waals surface area contributed by atoms with Crippen molar-refractivity contribution < 1.29 is 4.74 Å². The quantitative estimate of drug-likeness (QED) is 0.831. The summed E-state index contributed by atoms with van der Waals surface area (Å²) in [5.74, 6) is 0.661. The second-order valence-corrected chi connectivity index (χ2v) is 7.67. The van der Waals surface area contributed by atoms with Gasteiger partial charge >= 0.3 is 0 Å². The molecular formula is C16H34N2O. The highest BCUT2D eigenvalue weighted by atomic mass is 16.5. The molecule has 1 aliphatic heterocycles. The maximum Gasteiger partial charge on any atom is 0.0777 e. The molecule has 0 saturated carbocycles. The van der Waals surface area contributed by atoms with Gasteiger partial charge in [0.05, 0.1) is 5.60 Å². The van der Waals surface area contributed by atoms with Crippen LogP contribution < -0.4 is 5.32 Å². The van der Waals surface area contributed by atoms with Crippen LogP contribution in [0.3, 0.4) is 0 Å². The predicted octanol–water partition coefficient (Wildman–Crippen LogP) is 2.90. The largest absolute Gasteiger partial charge is 0.377 e. The number of nitrogens with one attached hydrogen (secondary N) is 1. The van der Waals surface area contributed by atoms with E-state index in [4.69, 9.17) is 4.74 Å². The average molecular weight is 270 g/mol. The number of ether oxygens (including phenoxy) is 1. The SMILES string of the molecule is COC1(C)CCCN(C(CNC(C)(C)C)C(C)C)C1. The molecule has 1 N–H and O–H groups in total. The van der Waals surface area contributed by atoms with Crippen molar-refractivity contribution in [3.63, 3.8) is 0 Å². The molecule has 0 aromatic rings. The van der Waals surface area contributed by atoms with Gasteiger partial charge in [-0.15, -0.1) is 0 Å². The molecule has 0 aromatic heterocycles. The normalized spacial score (nSPS) is 27.8. The van der Waals surface area contributed by atoms with Gasteiger partial charge in [0.15, 0.2) is 0 Å². The molecule has 0 spiro atoms. The molecule has 2 unspecified atom stereocenters. The monoisotopic (exact) mass is 270 g/mol.